The standard InChI is InChI=1S/C23H20N6O3S/c1-28-15-17(13-25-28)22-14-24-23-12-11-21(26-29(22)23)16-3-5-18(6-4-16)27-33(30,31)20-9-7-19(32-2)8-10-20/h3-15,27H,1-2H3. The number of nitrogens with zero attached hydrogens (tertiary/aromatic N) is 5. The molecule has 1 N–H and O–H groups in total. The molecule has 0 atom stereocenters. The first-order valence-electron chi connectivity index (χ1n) is 10.0. The lowest BCUT2D eigenvalue weighted by Crippen LogP contribution is -2.12. The number of nitrogens with one attached hydrogen (secondary N) is 1. The van der Waals surface area contributed by atoms with Gasteiger partial charge in [-0.15, -0.1) is 0 Å². The summed E-state index contributed by atoms with van der Waals surface area (Å²) < 4.78 is 36.5. The van der Waals surface area contributed by atoms with Gasteiger partial charge >= 0.3 is 0 Å². The molecule has 0 radical (unpaired) electrons. The molecule has 2 aromatic carbocycles. The largest absolute Gasteiger partial charge is 0.497 e. The Hall–Kier alpha value is -4.18. The van der Waals surface area contributed by atoms with Crippen LogP contribution in [0.5, 0.6) is 5.75 Å². The van der Waals surface area contributed by atoms with Crippen LogP contribution in [0.1, 0.15) is 0 Å². The number of rotatable bonds is 6. The van der Waals surface area contributed by atoms with E-state index in [4.69, 9.17) is 9.84 Å². The average molecular weight is 461 g/mol. The van der Waals surface area contributed by atoms with Gasteiger partial charge in [0.15, 0.2) is 5.65 Å². The van der Waals surface area contributed by atoms with Crippen LogP contribution < -0.4 is 9.46 Å². The van der Waals surface area contributed by atoms with Crippen LogP contribution in [-0.4, -0.2) is 39.9 Å². The molecule has 0 aliphatic rings. The highest BCUT2D eigenvalue weighted by Gasteiger charge is 2.15. The maximum atomic E-state index is 12.7. The molecule has 5 rings (SSSR count). The van der Waals surface area contributed by atoms with Gasteiger partial charge in [-0.1, -0.05) is 12.1 Å². The molecule has 0 amide bonds. The molecule has 166 valence electrons. The Kier molecular flexibility index (Phi) is 5.06. The van der Waals surface area contributed by atoms with Crippen molar-refractivity contribution in [3.8, 4) is 28.3 Å². The third kappa shape index (κ3) is 4.03. The number of hydrogen-bond donors (Lipinski definition) is 1. The van der Waals surface area contributed by atoms with E-state index in [2.05, 4.69) is 14.8 Å². The second-order valence-corrected chi connectivity index (χ2v) is 9.08. The first kappa shape index (κ1) is 20.7. The molecule has 0 aliphatic carbocycles. The van der Waals surface area contributed by atoms with Crippen LogP contribution in [0.4, 0.5) is 5.69 Å². The molecule has 3 heterocycles. The predicted octanol–water partition coefficient (Wildman–Crippen LogP) is 3.61. The maximum absolute atomic E-state index is 12.7. The van der Waals surface area contributed by atoms with Gasteiger partial charge in [-0.2, -0.15) is 10.2 Å². The van der Waals surface area contributed by atoms with Crippen LogP contribution in [-0.2, 0) is 17.1 Å². The fourth-order valence-electron chi connectivity index (χ4n) is 3.46. The van der Waals surface area contributed by atoms with Gasteiger partial charge in [0.1, 0.15) is 5.75 Å². The van der Waals surface area contributed by atoms with E-state index in [9.17, 15) is 8.42 Å². The zero-order chi connectivity index (χ0) is 23.0. The van der Waals surface area contributed by atoms with E-state index in [1.807, 2.05) is 37.5 Å². The van der Waals surface area contributed by atoms with Crippen molar-refractivity contribution in [2.24, 2.45) is 7.05 Å². The molecule has 9 nitrogen and oxygen atoms in total. The van der Waals surface area contributed by atoms with Crippen molar-refractivity contribution in [1.82, 2.24) is 24.4 Å². The van der Waals surface area contributed by atoms with Crippen molar-refractivity contribution in [2.75, 3.05) is 11.8 Å². The van der Waals surface area contributed by atoms with Crippen LogP contribution in [0.15, 0.2) is 84.1 Å². The second kappa shape index (κ2) is 8.06. The number of sulfonamides is 1. The normalized spacial score (nSPS) is 11.6. The number of imidazole rings is 1. The highest BCUT2D eigenvalue weighted by molar-refractivity contribution is 7.92. The van der Waals surface area contributed by atoms with E-state index in [1.54, 1.807) is 45.9 Å². The molecule has 0 saturated heterocycles. The van der Waals surface area contributed by atoms with Crippen LogP contribution in [0.3, 0.4) is 0 Å². The SMILES string of the molecule is COc1ccc(S(=O)(=O)Nc2ccc(-c3ccc4ncc(-c5cnn(C)c5)n4n3)cc2)cc1. The minimum absolute atomic E-state index is 0.155. The topological polar surface area (TPSA) is 103 Å². The number of benzene rings is 2. The van der Waals surface area contributed by atoms with Crippen LogP contribution in [0, 0.1) is 0 Å². The lowest BCUT2D eigenvalue weighted by molar-refractivity contribution is 0.414. The molecule has 0 bridgehead atoms. The smallest absolute Gasteiger partial charge is 0.261 e. The fourth-order valence-corrected chi connectivity index (χ4v) is 4.51. The fraction of sp³-hybridized carbons (Fsp3) is 0.0870. The minimum atomic E-state index is -3.71. The quantitative estimate of drug-likeness (QED) is 0.415. The van der Waals surface area contributed by atoms with Crippen LogP contribution in [0.2, 0.25) is 0 Å². The van der Waals surface area contributed by atoms with E-state index in [-0.39, 0.29) is 4.90 Å². The summed E-state index contributed by atoms with van der Waals surface area (Å²) in [6.45, 7) is 0. The van der Waals surface area contributed by atoms with Crippen molar-refractivity contribution in [3.63, 3.8) is 0 Å². The van der Waals surface area contributed by atoms with Crippen molar-refractivity contribution >= 4 is 21.4 Å². The first-order valence-corrected chi connectivity index (χ1v) is 11.5. The van der Waals surface area contributed by atoms with Crippen molar-refractivity contribution < 1.29 is 13.2 Å². The second-order valence-electron chi connectivity index (χ2n) is 7.39. The maximum Gasteiger partial charge on any atom is 0.261 e. The van der Waals surface area contributed by atoms with E-state index in [0.29, 0.717) is 11.4 Å². The molecule has 0 unspecified atom stereocenters. The predicted molar refractivity (Wildman–Crippen MR) is 124 cm³/mol. The number of fused-ring (bicyclic) bond motifs is 1. The summed E-state index contributed by atoms with van der Waals surface area (Å²) in [7, 11) is -0.325. The third-order valence-corrected chi connectivity index (χ3v) is 6.56. The summed E-state index contributed by atoms with van der Waals surface area (Å²) in [6, 6.07) is 17.0. The molecule has 5 aromatic rings. The monoisotopic (exact) mass is 460 g/mol. The third-order valence-electron chi connectivity index (χ3n) is 5.17. The van der Waals surface area contributed by atoms with Gasteiger partial charge in [0.05, 0.1) is 35.8 Å². The van der Waals surface area contributed by atoms with E-state index < -0.39 is 10.0 Å². The van der Waals surface area contributed by atoms with Gasteiger partial charge < -0.3 is 4.74 Å². The van der Waals surface area contributed by atoms with Gasteiger partial charge in [0, 0.05) is 30.1 Å². The molecule has 0 saturated carbocycles. The Morgan fingerprint density at radius 1 is 0.909 bits per heavy atom. The highest BCUT2D eigenvalue weighted by atomic mass is 32.2. The van der Waals surface area contributed by atoms with Crippen molar-refractivity contribution in [3.05, 3.63) is 79.3 Å². The zero-order valence-electron chi connectivity index (χ0n) is 17.9. The number of ether oxygens (including phenoxy) is 1. The van der Waals surface area contributed by atoms with E-state index in [0.717, 1.165) is 28.2 Å². The molecule has 33 heavy (non-hydrogen) atoms. The summed E-state index contributed by atoms with van der Waals surface area (Å²) in [5.41, 5.74) is 4.50. The summed E-state index contributed by atoms with van der Waals surface area (Å²) >= 11 is 0. The number of hydrogen-bond acceptors (Lipinski definition) is 6. The molecular weight excluding hydrogens is 440 g/mol. The van der Waals surface area contributed by atoms with Crippen LogP contribution in [0.25, 0.3) is 28.2 Å². The Balaban J connectivity index is 1.41. The average Bonchev–Trinajstić information content (AvgIpc) is 3.44. The number of methoxy groups -OCH3 is 1. The minimum Gasteiger partial charge on any atom is -0.497 e. The van der Waals surface area contributed by atoms with Crippen molar-refractivity contribution in [1.29, 1.82) is 0 Å². The molecule has 10 heteroatoms. The first-order chi connectivity index (χ1) is 15.9. The van der Waals surface area contributed by atoms with Gasteiger partial charge in [0.2, 0.25) is 0 Å². The molecule has 0 spiro atoms. The summed E-state index contributed by atoms with van der Waals surface area (Å²) in [5.74, 6) is 0.590. The molecule has 3 aromatic heterocycles. The van der Waals surface area contributed by atoms with Gasteiger partial charge in [0.25, 0.3) is 10.0 Å². The van der Waals surface area contributed by atoms with Crippen LogP contribution >= 0.6 is 0 Å². The summed E-state index contributed by atoms with van der Waals surface area (Å²) in [4.78, 5) is 4.57. The van der Waals surface area contributed by atoms with E-state index >= 15 is 0 Å². The Labute approximate surface area is 190 Å². The Morgan fingerprint density at radius 2 is 1.67 bits per heavy atom. The van der Waals surface area contributed by atoms with E-state index in [1.165, 1.54) is 19.2 Å². The Morgan fingerprint density at radius 3 is 2.33 bits per heavy atom. The Bertz CT molecular complexity index is 1540. The zero-order valence-corrected chi connectivity index (χ0v) is 18.7. The molecular formula is C23H20N6O3S. The van der Waals surface area contributed by atoms with Gasteiger partial charge in [-0.25, -0.2) is 17.9 Å². The molecule has 0 fully saturated rings. The number of aromatic nitrogens is 5. The van der Waals surface area contributed by atoms with Gasteiger partial charge in [-0.05, 0) is 48.5 Å². The summed E-state index contributed by atoms with van der Waals surface area (Å²) in [5, 5.41) is 8.94. The number of aryl methyl sites for hydroxylation is 1. The lowest BCUT2D eigenvalue weighted by Gasteiger charge is -2.10. The molecule has 0 aliphatic heterocycles. The number of anilines is 1. The lowest BCUT2D eigenvalue weighted by atomic mass is 10.1. The van der Waals surface area contributed by atoms with Gasteiger partial charge in [-0.3, -0.25) is 9.40 Å². The highest BCUT2D eigenvalue weighted by Crippen LogP contribution is 2.25. The summed E-state index contributed by atoms with van der Waals surface area (Å²) in [6.07, 6.45) is 5.43. The van der Waals surface area contributed by atoms with Crippen molar-refractivity contribution in [2.45, 2.75) is 4.90 Å².